The number of nitrogen functional groups attached to an aromatic ring is 1. The minimum absolute atomic E-state index is 0.135. The summed E-state index contributed by atoms with van der Waals surface area (Å²) in [7, 11) is -3.95. The Balaban J connectivity index is 1.60. The number of furan rings is 1. The summed E-state index contributed by atoms with van der Waals surface area (Å²) in [5, 5.41) is 0.761. The summed E-state index contributed by atoms with van der Waals surface area (Å²) in [6.45, 7) is 2.62. The molecule has 4 heterocycles. The maximum absolute atomic E-state index is 12.7. The lowest BCUT2D eigenvalue weighted by molar-refractivity contribution is 0.122. The van der Waals surface area contributed by atoms with Crippen molar-refractivity contribution < 1.29 is 17.6 Å². The molecular weight excluding hydrogens is 500 g/mol. The first kappa shape index (κ1) is 22.6. The second kappa shape index (κ2) is 9.22. The molecular formula is C21H19ClN6O4S2. The normalized spacial score (nSPS) is 14.3. The number of nitrogens with two attached hydrogens (primary N) is 1. The molecule has 0 radical (unpaired) electrons. The number of sulfonamides is 1. The van der Waals surface area contributed by atoms with Crippen LogP contribution >= 0.6 is 22.9 Å². The number of morpholine rings is 1. The van der Waals surface area contributed by atoms with Gasteiger partial charge < -0.3 is 19.8 Å². The molecule has 176 valence electrons. The van der Waals surface area contributed by atoms with Crippen LogP contribution in [0.2, 0.25) is 5.02 Å². The molecule has 1 fully saturated rings. The fraction of sp³-hybridized carbons (Fsp3) is 0.190. The molecule has 3 aromatic heterocycles. The number of benzene rings is 1. The first-order valence-electron chi connectivity index (χ1n) is 10.2. The van der Waals surface area contributed by atoms with Gasteiger partial charge in [-0.3, -0.25) is 4.72 Å². The predicted molar refractivity (Wildman–Crippen MR) is 131 cm³/mol. The summed E-state index contributed by atoms with van der Waals surface area (Å²) in [4.78, 5) is 16.1. The monoisotopic (exact) mass is 518 g/mol. The van der Waals surface area contributed by atoms with Crippen LogP contribution in [0.1, 0.15) is 0 Å². The molecule has 10 nitrogen and oxygen atoms in total. The van der Waals surface area contributed by atoms with Gasteiger partial charge in [0.25, 0.3) is 10.0 Å². The van der Waals surface area contributed by atoms with Crippen molar-refractivity contribution in [3.05, 3.63) is 53.9 Å². The van der Waals surface area contributed by atoms with Crippen LogP contribution in [0.5, 0.6) is 0 Å². The van der Waals surface area contributed by atoms with Crippen LogP contribution in [0.15, 0.2) is 58.4 Å². The maximum atomic E-state index is 12.7. The summed E-state index contributed by atoms with van der Waals surface area (Å²) in [6.07, 6.45) is 2.86. The van der Waals surface area contributed by atoms with Gasteiger partial charge in [0.1, 0.15) is 0 Å². The van der Waals surface area contributed by atoms with Gasteiger partial charge in [0.15, 0.2) is 5.13 Å². The van der Waals surface area contributed by atoms with Crippen molar-refractivity contribution in [2.24, 2.45) is 0 Å². The van der Waals surface area contributed by atoms with E-state index >= 15 is 0 Å². The van der Waals surface area contributed by atoms with Gasteiger partial charge in [-0.1, -0.05) is 35.1 Å². The fourth-order valence-electron chi connectivity index (χ4n) is 3.46. The first-order valence-corrected chi connectivity index (χ1v) is 12.9. The lowest BCUT2D eigenvalue weighted by atomic mass is 10.1. The third-order valence-corrected chi connectivity index (χ3v) is 7.86. The molecule has 0 bridgehead atoms. The number of hydrogen-bond donors (Lipinski definition) is 2. The standard InChI is InChI=1S/C21H19ClN6O4S2/c22-17-13(3-1-4-14(17)27-34(29,30)16-5-2-10-32-16)18-19(15-6-7-24-20(23)25-15)33-21(26-18)28-8-11-31-12-9-28/h1-7,10,27H,8-9,11-12H2,(H2,23,24,25). The smallest absolute Gasteiger partial charge is 0.295 e. The summed E-state index contributed by atoms with van der Waals surface area (Å²) in [5.41, 5.74) is 7.73. The van der Waals surface area contributed by atoms with Crippen molar-refractivity contribution in [1.29, 1.82) is 0 Å². The average Bonchev–Trinajstić information content (AvgIpc) is 3.52. The molecule has 1 aliphatic rings. The summed E-state index contributed by atoms with van der Waals surface area (Å²) in [5.74, 6) is 0.135. The van der Waals surface area contributed by atoms with Gasteiger partial charge in [-0.25, -0.2) is 15.0 Å². The minimum atomic E-state index is -3.95. The Bertz CT molecular complexity index is 1420. The van der Waals surface area contributed by atoms with Crippen LogP contribution < -0.4 is 15.4 Å². The van der Waals surface area contributed by atoms with E-state index in [0.29, 0.717) is 43.3 Å². The summed E-state index contributed by atoms with van der Waals surface area (Å²) < 4.78 is 38.3. The molecule has 0 saturated carbocycles. The van der Waals surface area contributed by atoms with E-state index in [1.807, 2.05) is 0 Å². The predicted octanol–water partition coefficient (Wildman–Crippen LogP) is 3.73. The number of hydrogen-bond acceptors (Lipinski definition) is 10. The molecule has 1 aromatic carbocycles. The van der Waals surface area contributed by atoms with Gasteiger partial charge in [-0.05, 0) is 24.3 Å². The molecule has 0 unspecified atom stereocenters. The zero-order valence-electron chi connectivity index (χ0n) is 17.6. The van der Waals surface area contributed by atoms with E-state index in [4.69, 9.17) is 31.5 Å². The van der Waals surface area contributed by atoms with E-state index in [1.54, 1.807) is 30.5 Å². The second-order valence-electron chi connectivity index (χ2n) is 7.28. The third-order valence-electron chi connectivity index (χ3n) is 5.06. The third kappa shape index (κ3) is 4.44. The molecule has 3 N–H and O–H groups in total. The molecule has 0 aliphatic carbocycles. The Labute approximate surface area is 204 Å². The van der Waals surface area contributed by atoms with E-state index in [-0.39, 0.29) is 21.8 Å². The number of nitrogens with zero attached hydrogens (tertiary/aromatic N) is 4. The summed E-state index contributed by atoms with van der Waals surface area (Å²) >= 11 is 8.16. The largest absolute Gasteiger partial charge is 0.451 e. The molecule has 0 atom stereocenters. The van der Waals surface area contributed by atoms with Crippen molar-refractivity contribution in [3.8, 4) is 21.8 Å². The van der Waals surface area contributed by atoms with Crippen LogP contribution in [-0.4, -0.2) is 49.7 Å². The highest BCUT2D eigenvalue weighted by molar-refractivity contribution is 7.92. The van der Waals surface area contributed by atoms with Gasteiger partial charge in [-0.2, -0.15) is 8.42 Å². The Kier molecular flexibility index (Phi) is 6.13. The number of aromatic nitrogens is 3. The maximum Gasteiger partial charge on any atom is 0.295 e. The van der Waals surface area contributed by atoms with Gasteiger partial charge >= 0.3 is 0 Å². The Hall–Kier alpha value is -3.19. The molecule has 1 saturated heterocycles. The second-order valence-corrected chi connectivity index (χ2v) is 10.2. The van der Waals surface area contributed by atoms with Gasteiger partial charge in [-0.15, -0.1) is 0 Å². The molecule has 0 amide bonds. The zero-order chi connectivity index (χ0) is 23.7. The quantitative estimate of drug-likeness (QED) is 0.391. The zero-order valence-corrected chi connectivity index (χ0v) is 20.0. The van der Waals surface area contributed by atoms with Gasteiger partial charge in [0.2, 0.25) is 11.0 Å². The van der Waals surface area contributed by atoms with Crippen LogP contribution in [0.4, 0.5) is 16.8 Å². The number of halogens is 1. The van der Waals surface area contributed by atoms with Crippen LogP contribution in [0.3, 0.4) is 0 Å². The number of nitrogens with one attached hydrogen (secondary N) is 1. The summed E-state index contributed by atoms with van der Waals surface area (Å²) in [6, 6.07) is 9.64. The Morgan fingerprint density at radius 3 is 2.68 bits per heavy atom. The highest BCUT2D eigenvalue weighted by atomic mass is 35.5. The highest BCUT2D eigenvalue weighted by Gasteiger charge is 2.25. The van der Waals surface area contributed by atoms with Gasteiger partial charge in [0.05, 0.1) is 46.5 Å². The van der Waals surface area contributed by atoms with E-state index in [2.05, 4.69) is 19.6 Å². The van der Waals surface area contributed by atoms with Crippen LogP contribution in [0.25, 0.3) is 21.8 Å². The Morgan fingerprint density at radius 2 is 1.94 bits per heavy atom. The highest BCUT2D eigenvalue weighted by Crippen LogP contribution is 2.44. The SMILES string of the molecule is Nc1nccc(-c2sc(N3CCOCC3)nc2-c2cccc(NS(=O)(=O)c3ccco3)c2Cl)n1. The molecule has 5 rings (SSSR count). The van der Waals surface area contributed by atoms with E-state index < -0.39 is 10.0 Å². The number of thiazole rings is 1. The number of anilines is 3. The topological polar surface area (TPSA) is 136 Å². The molecule has 4 aromatic rings. The van der Waals surface area contributed by atoms with E-state index in [9.17, 15) is 8.42 Å². The molecule has 1 aliphatic heterocycles. The van der Waals surface area contributed by atoms with Crippen molar-refractivity contribution in [3.63, 3.8) is 0 Å². The number of rotatable bonds is 6. The molecule has 34 heavy (non-hydrogen) atoms. The van der Waals surface area contributed by atoms with E-state index in [0.717, 1.165) is 10.0 Å². The Morgan fingerprint density at radius 1 is 1.12 bits per heavy atom. The minimum Gasteiger partial charge on any atom is -0.451 e. The molecule has 13 heteroatoms. The van der Waals surface area contributed by atoms with Crippen LogP contribution in [0, 0.1) is 0 Å². The van der Waals surface area contributed by atoms with Crippen molar-refractivity contribution in [2.45, 2.75) is 5.09 Å². The van der Waals surface area contributed by atoms with Crippen molar-refractivity contribution >= 4 is 49.7 Å². The lowest BCUT2D eigenvalue weighted by Gasteiger charge is -2.26. The van der Waals surface area contributed by atoms with E-state index in [1.165, 1.54) is 29.7 Å². The van der Waals surface area contributed by atoms with Crippen LogP contribution in [-0.2, 0) is 14.8 Å². The average molecular weight is 519 g/mol. The number of ether oxygens (including phenoxy) is 1. The van der Waals surface area contributed by atoms with Gasteiger partial charge in [0, 0.05) is 24.8 Å². The fourth-order valence-corrected chi connectivity index (χ4v) is 5.88. The van der Waals surface area contributed by atoms with Crippen molar-refractivity contribution in [1.82, 2.24) is 15.0 Å². The first-order chi connectivity index (χ1) is 16.4. The molecule has 0 spiro atoms. The lowest BCUT2D eigenvalue weighted by Crippen LogP contribution is -2.36. The van der Waals surface area contributed by atoms with Crippen molar-refractivity contribution in [2.75, 3.05) is 41.7 Å².